The Bertz CT molecular complexity index is 1230. The summed E-state index contributed by atoms with van der Waals surface area (Å²) in [5, 5.41) is 29.0. The number of amides is 1. The smallest absolute Gasteiger partial charge is 0.234 e. The number of nitrogens with one attached hydrogen (secondary N) is 1. The maximum atomic E-state index is 13.2. The van der Waals surface area contributed by atoms with Crippen LogP contribution >= 0.6 is 0 Å². The third-order valence-corrected chi connectivity index (χ3v) is 6.23. The quantitative estimate of drug-likeness (QED) is 0.716. The molecule has 0 aromatic heterocycles. The monoisotopic (exact) mass is 455 g/mol. The Balaban J connectivity index is 1.37. The molecule has 0 bridgehead atoms. The van der Waals surface area contributed by atoms with Gasteiger partial charge in [-0.2, -0.15) is 10.4 Å². The molecule has 5 rings (SSSR count). The Kier molecular flexibility index (Phi) is 5.56. The minimum absolute atomic E-state index is 0.0404. The number of nitrogens with zero attached hydrogens (tertiary/aromatic N) is 4. The van der Waals surface area contributed by atoms with Crippen molar-refractivity contribution in [2.75, 3.05) is 25.0 Å². The largest absolute Gasteiger partial charge is 0.457 e. The Morgan fingerprint density at radius 3 is 2.62 bits per heavy atom. The number of fused-ring (bicyclic) bond motifs is 1. The van der Waals surface area contributed by atoms with Crippen molar-refractivity contribution in [1.29, 1.82) is 5.26 Å². The van der Waals surface area contributed by atoms with E-state index < -0.39 is 11.5 Å². The van der Waals surface area contributed by atoms with Crippen molar-refractivity contribution >= 4 is 17.8 Å². The van der Waals surface area contributed by atoms with E-state index in [1.807, 2.05) is 67.6 Å². The van der Waals surface area contributed by atoms with Crippen LogP contribution in [0, 0.1) is 16.7 Å². The van der Waals surface area contributed by atoms with E-state index >= 15 is 0 Å². The summed E-state index contributed by atoms with van der Waals surface area (Å²) in [6, 6.07) is 19.2. The van der Waals surface area contributed by atoms with Crippen LogP contribution in [0.2, 0.25) is 0 Å². The summed E-state index contributed by atoms with van der Waals surface area (Å²) in [5.41, 5.74) is 1.66. The minimum Gasteiger partial charge on any atom is -0.457 e. The molecule has 0 saturated carbocycles. The number of carbonyl (C=O) groups is 1. The molecule has 34 heavy (non-hydrogen) atoms. The summed E-state index contributed by atoms with van der Waals surface area (Å²) in [6.45, 7) is 3.14. The van der Waals surface area contributed by atoms with E-state index in [0.29, 0.717) is 48.8 Å². The summed E-state index contributed by atoms with van der Waals surface area (Å²) in [5.74, 6) is 1.41. The zero-order chi connectivity index (χ0) is 23.7. The first-order chi connectivity index (χ1) is 16.4. The van der Waals surface area contributed by atoms with E-state index in [9.17, 15) is 15.2 Å². The van der Waals surface area contributed by atoms with Crippen LogP contribution in [0.4, 0.5) is 5.69 Å². The molecule has 0 spiro atoms. The second-order valence-corrected chi connectivity index (χ2v) is 8.91. The van der Waals surface area contributed by atoms with E-state index in [-0.39, 0.29) is 5.91 Å². The van der Waals surface area contributed by atoms with Crippen LogP contribution in [0.1, 0.15) is 13.3 Å². The van der Waals surface area contributed by atoms with Crippen molar-refractivity contribution < 1.29 is 14.6 Å². The molecule has 8 nitrogen and oxygen atoms in total. The summed E-state index contributed by atoms with van der Waals surface area (Å²) in [7, 11) is 0. The van der Waals surface area contributed by atoms with Gasteiger partial charge in [-0.25, -0.2) is 0 Å². The standard InChI is InChI=1S/C26H25N5O3/c1-26(25(33)30-12-11-20(32)16-30)13-23-24(18(14-27)15-28-31(23)17-26)29-19-7-9-22(10-8-19)34-21-5-3-2-4-6-21/h2-10,13,15,20,29,32H,11-12,16-17H2,1H3. The number of likely N-dealkylation sites (tertiary alicyclic amines) is 1. The second-order valence-electron chi connectivity index (χ2n) is 8.91. The molecule has 3 aliphatic heterocycles. The minimum atomic E-state index is -0.804. The maximum absolute atomic E-state index is 13.2. The molecule has 3 aliphatic rings. The number of β-amino-alcohol motifs (C(OH)–C–C–N with tert-alkyl or cyclic N) is 1. The van der Waals surface area contributed by atoms with E-state index in [1.165, 1.54) is 6.21 Å². The van der Waals surface area contributed by atoms with Gasteiger partial charge in [-0.15, -0.1) is 0 Å². The maximum Gasteiger partial charge on any atom is 0.234 e. The highest BCUT2D eigenvalue weighted by Gasteiger charge is 2.45. The normalized spacial score (nSPS) is 23.4. The number of benzene rings is 2. The Morgan fingerprint density at radius 1 is 1.21 bits per heavy atom. The lowest BCUT2D eigenvalue weighted by Crippen LogP contribution is -2.43. The zero-order valence-electron chi connectivity index (χ0n) is 18.8. The molecule has 0 radical (unpaired) electrons. The van der Waals surface area contributed by atoms with Gasteiger partial charge in [0.05, 0.1) is 41.2 Å². The highest BCUT2D eigenvalue weighted by Crippen LogP contribution is 2.39. The number of aliphatic hydroxyl groups excluding tert-OH is 1. The molecule has 1 saturated heterocycles. The lowest BCUT2D eigenvalue weighted by molar-refractivity contribution is -0.138. The number of hydrogen-bond acceptors (Lipinski definition) is 7. The lowest BCUT2D eigenvalue weighted by Gasteiger charge is -2.28. The molecule has 1 amide bonds. The summed E-state index contributed by atoms with van der Waals surface area (Å²) >= 11 is 0. The van der Waals surface area contributed by atoms with Crippen molar-refractivity contribution in [3.8, 4) is 17.6 Å². The summed E-state index contributed by atoms with van der Waals surface area (Å²) in [6.07, 6.45) is 3.51. The Morgan fingerprint density at radius 2 is 1.94 bits per heavy atom. The second kappa shape index (κ2) is 8.69. The number of hydrazone groups is 1. The van der Waals surface area contributed by atoms with Crippen LogP contribution in [0.3, 0.4) is 0 Å². The van der Waals surface area contributed by atoms with E-state index in [0.717, 1.165) is 11.4 Å². The fourth-order valence-corrected chi connectivity index (χ4v) is 4.46. The number of anilines is 1. The fourth-order valence-electron chi connectivity index (χ4n) is 4.46. The van der Waals surface area contributed by atoms with Crippen molar-refractivity contribution in [2.45, 2.75) is 19.4 Å². The molecule has 3 heterocycles. The average Bonchev–Trinajstić information content (AvgIpc) is 3.44. The number of hydrogen-bond donors (Lipinski definition) is 2. The first-order valence-electron chi connectivity index (χ1n) is 11.2. The van der Waals surface area contributed by atoms with Crippen molar-refractivity contribution in [3.63, 3.8) is 0 Å². The van der Waals surface area contributed by atoms with E-state index in [1.54, 1.807) is 9.91 Å². The third-order valence-electron chi connectivity index (χ3n) is 6.23. The van der Waals surface area contributed by atoms with Gasteiger partial charge in [-0.05, 0) is 55.8 Å². The molecule has 1 fully saturated rings. The number of nitriles is 1. The third kappa shape index (κ3) is 4.14. The first-order valence-corrected chi connectivity index (χ1v) is 11.2. The number of aliphatic hydroxyl groups is 1. The highest BCUT2D eigenvalue weighted by atomic mass is 16.5. The van der Waals surface area contributed by atoms with Gasteiger partial charge < -0.3 is 20.1 Å². The Labute approximate surface area is 198 Å². The van der Waals surface area contributed by atoms with Crippen molar-refractivity contribution in [2.24, 2.45) is 10.5 Å². The number of para-hydroxylation sites is 1. The number of carbonyl (C=O) groups excluding carboxylic acids is 1. The van der Waals surface area contributed by atoms with Gasteiger partial charge in [0.25, 0.3) is 0 Å². The van der Waals surface area contributed by atoms with Gasteiger partial charge >= 0.3 is 0 Å². The highest BCUT2D eigenvalue weighted by molar-refractivity contribution is 5.91. The molecule has 2 aromatic carbocycles. The van der Waals surface area contributed by atoms with Gasteiger partial charge in [0.2, 0.25) is 5.91 Å². The van der Waals surface area contributed by atoms with Crippen LogP contribution < -0.4 is 10.1 Å². The molecule has 8 heteroatoms. The predicted molar refractivity (Wildman–Crippen MR) is 128 cm³/mol. The van der Waals surface area contributed by atoms with Gasteiger partial charge in [0, 0.05) is 18.8 Å². The molecule has 2 N–H and O–H groups in total. The predicted octanol–water partition coefficient (Wildman–Crippen LogP) is 3.47. The van der Waals surface area contributed by atoms with Crippen LogP contribution in [-0.2, 0) is 4.79 Å². The first kappa shape index (κ1) is 21.7. The number of allylic oxidation sites excluding steroid dienone is 1. The topological polar surface area (TPSA) is 101 Å². The Hall–Kier alpha value is -4.09. The van der Waals surface area contributed by atoms with Crippen LogP contribution in [0.5, 0.6) is 11.5 Å². The average molecular weight is 456 g/mol. The van der Waals surface area contributed by atoms with Gasteiger partial charge in [-0.3, -0.25) is 9.80 Å². The fraction of sp³-hybridized carbons (Fsp3) is 0.269. The van der Waals surface area contributed by atoms with E-state index in [4.69, 9.17) is 4.74 Å². The molecule has 2 atom stereocenters. The molecule has 2 aromatic rings. The summed E-state index contributed by atoms with van der Waals surface area (Å²) < 4.78 is 5.85. The van der Waals surface area contributed by atoms with Gasteiger partial charge in [0.15, 0.2) is 0 Å². The van der Waals surface area contributed by atoms with Crippen LogP contribution in [0.25, 0.3) is 0 Å². The van der Waals surface area contributed by atoms with Crippen molar-refractivity contribution in [3.05, 3.63) is 77.6 Å². The molecule has 0 aliphatic carbocycles. The van der Waals surface area contributed by atoms with Crippen LogP contribution in [0.15, 0.2) is 82.7 Å². The number of rotatable bonds is 5. The van der Waals surface area contributed by atoms with Crippen LogP contribution in [-0.4, -0.2) is 52.9 Å². The lowest BCUT2D eigenvalue weighted by atomic mass is 9.90. The SMILES string of the molecule is CC1(C(=O)N2CCC(O)C2)C=C2C(Nc3ccc(Oc4ccccc4)cc3)=C(C#N)C=NN2C1. The van der Waals surface area contributed by atoms with Gasteiger partial charge in [-0.1, -0.05) is 18.2 Å². The molecule has 2 unspecified atom stereocenters. The zero-order valence-corrected chi connectivity index (χ0v) is 18.8. The van der Waals surface area contributed by atoms with Crippen molar-refractivity contribution in [1.82, 2.24) is 9.91 Å². The van der Waals surface area contributed by atoms with Gasteiger partial charge in [0.1, 0.15) is 17.6 Å². The molecule has 172 valence electrons. The molecular weight excluding hydrogens is 430 g/mol. The molecular formula is C26H25N5O3. The summed E-state index contributed by atoms with van der Waals surface area (Å²) in [4.78, 5) is 14.9. The van der Waals surface area contributed by atoms with E-state index in [2.05, 4.69) is 16.5 Å². The number of ether oxygens (including phenoxy) is 1.